The fourth-order valence-corrected chi connectivity index (χ4v) is 3.50. The molecule has 0 unspecified atom stereocenters. The van der Waals surface area contributed by atoms with Crippen molar-refractivity contribution in [3.63, 3.8) is 0 Å². The summed E-state index contributed by atoms with van der Waals surface area (Å²) in [6, 6.07) is 7.69. The monoisotopic (exact) mass is 366 g/mol. The SMILES string of the molecule is C[C@H](NC(=O)CNC(=O)C1CCCCC1)c1ccccc1Br. The number of hydrogen-bond donors (Lipinski definition) is 2. The van der Waals surface area contributed by atoms with Gasteiger partial charge in [-0.3, -0.25) is 9.59 Å². The highest BCUT2D eigenvalue weighted by Crippen LogP contribution is 2.24. The van der Waals surface area contributed by atoms with Crippen LogP contribution >= 0.6 is 15.9 Å². The van der Waals surface area contributed by atoms with Crippen LogP contribution in [0.2, 0.25) is 0 Å². The molecule has 2 N–H and O–H groups in total. The van der Waals surface area contributed by atoms with E-state index in [1.165, 1.54) is 6.42 Å². The second-order valence-corrected chi connectivity index (χ2v) is 6.72. The van der Waals surface area contributed by atoms with Gasteiger partial charge >= 0.3 is 0 Å². The van der Waals surface area contributed by atoms with Crippen LogP contribution in [0.25, 0.3) is 0 Å². The lowest BCUT2D eigenvalue weighted by molar-refractivity contribution is -0.129. The number of nitrogens with one attached hydrogen (secondary N) is 2. The quantitative estimate of drug-likeness (QED) is 0.839. The van der Waals surface area contributed by atoms with E-state index in [4.69, 9.17) is 0 Å². The molecule has 5 heteroatoms. The average molecular weight is 367 g/mol. The van der Waals surface area contributed by atoms with Gasteiger partial charge in [0.1, 0.15) is 0 Å². The molecule has 0 radical (unpaired) electrons. The van der Waals surface area contributed by atoms with Crippen molar-refractivity contribution < 1.29 is 9.59 Å². The van der Waals surface area contributed by atoms with Crippen molar-refractivity contribution in [3.05, 3.63) is 34.3 Å². The Morgan fingerprint density at radius 1 is 1.23 bits per heavy atom. The van der Waals surface area contributed by atoms with Crippen LogP contribution in [0, 0.1) is 5.92 Å². The number of hydrogen-bond acceptors (Lipinski definition) is 2. The van der Waals surface area contributed by atoms with Crippen molar-refractivity contribution in [3.8, 4) is 0 Å². The number of halogens is 1. The molecular formula is C17H23BrN2O2. The smallest absolute Gasteiger partial charge is 0.239 e. The minimum Gasteiger partial charge on any atom is -0.348 e. The van der Waals surface area contributed by atoms with Gasteiger partial charge in [0.25, 0.3) is 0 Å². The van der Waals surface area contributed by atoms with Crippen molar-refractivity contribution in [2.75, 3.05) is 6.54 Å². The first-order chi connectivity index (χ1) is 10.6. The maximum Gasteiger partial charge on any atom is 0.239 e. The predicted octanol–water partition coefficient (Wildman–Crippen LogP) is 3.32. The highest BCUT2D eigenvalue weighted by molar-refractivity contribution is 9.10. The van der Waals surface area contributed by atoms with Crippen molar-refractivity contribution in [1.82, 2.24) is 10.6 Å². The molecule has 1 aromatic rings. The zero-order valence-electron chi connectivity index (χ0n) is 12.9. The minimum atomic E-state index is -0.160. The Kier molecular flexibility index (Phi) is 6.43. The Labute approximate surface area is 140 Å². The van der Waals surface area contributed by atoms with E-state index in [2.05, 4.69) is 26.6 Å². The van der Waals surface area contributed by atoms with Crippen molar-refractivity contribution in [1.29, 1.82) is 0 Å². The van der Waals surface area contributed by atoms with Crippen molar-refractivity contribution in [2.24, 2.45) is 5.92 Å². The largest absolute Gasteiger partial charge is 0.348 e. The maximum absolute atomic E-state index is 12.0. The Morgan fingerprint density at radius 2 is 1.91 bits per heavy atom. The molecule has 120 valence electrons. The number of rotatable bonds is 5. The van der Waals surface area contributed by atoms with Gasteiger partial charge in [0, 0.05) is 10.4 Å². The summed E-state index contributed by atoms with van der Waals surface area (Å²) in [6.45, 7) is 1.98. The Bertz CT molecular complexity index is 527. The molecule has 0 aliphatic heterocycles. The predicted molar refractivity (Wildman–Crippen MR) is 90.3 cm³/mol. The van der Waals surface area contributed by atoms with E-state index in [9.17, 15) is 9.59 Å². The molecule has 1 aliphatic rings. The molecule has 2 amide bonds. The molecule has 0 bridgehead atoms. The van der Waals surface area contributed by atoms with E-state index in [1.54, 1.807) is 0 Å². The van der Waals surface area contributed by atoms with Gasteiger partial charge in [0.05, 0.1) is 12.6 Å². The van der Waals surface area contributed by atoms with Crippen molar-refractivity contribution >= 4 is 27.7 Å². The Hall–Kier alpha value is -1.36. The fraction of sp³-hybridized carbons (Fsp3) is 0.529. The molecule has 0 heterocycles. The zero-order valence-corrected chi connectivity index (χ0v) is 14.5. The third-order valence-electron chi connectivity index (χ3n) is 4.15. The maximum atomic E-state index is 12.0. The molecule has 1 aromatic carbocycles. The molecule has 0 saturated heterocycles. The molecule has 4 nitrogen and oxygen atoms in total. The van der Waals surface area contributed by atoms with Crippen LogP contribution in [0.1, 0.15) is 50.6 Å². The summed E-state index contributed by atoms with van der Waals surface area (Å²) in [5.41, 5.74) is 1.02. The summed E-state index contributed by atoms with van der Waals surface area (Å²) >= 11 is 3.48. The van der Waals surface area contributed by atoms with Crippen LogP contribution in [0.5, 0.6) is 0 Å². The Balaban J connectivity index is 1.78. The first-order valence-electron chi connectivity index (χ1n) is 7.89. The summed E-state index contributed by atoms with van der Waals surface area (Å²) in [4.78, 5) is 24.0. The number of carbonyl (C=O) groups excluding carboxylic acids is 2. The molecule has 1 aliphatic carbocycles. The highest BCUT2D eigenvalue weighted by atomic mass is 79.9. The summed E-state index contributed by atoms with van der Waals surface area (Å²) in [5.74, 6) is -0.0574. The summed E-state index contributed by atoms with van der Waals surface area (Å²) in [7, 11) is 0. The minimum absolute atomic E-state index is 0.0170. The van der Waals surface area contributed by atoms with Gasteiger partial charge in [-0.05, 0) is 31.4 Å². The van der Waals surface area contributed by atoms with Gasteiger partial charge in [-0.2, -0.15) is 0 Å². The standard InChI is InChI=1S/C17H23BrN2O2/c1-12(14-9-5-6-10-15(14)18)20-16(21)11-19-17(22)13-7-3-2-4-8-13/h5-6,9-10,12-13H,2-4,7-8,11H2,1H3,(H,19,22)(H,20,21)/t12-/m0/s1. The van der Waals surface area contributed by atoms with Crippen LogP contribution in [0.4, 0.5) is 0 Å². The van der Waals surface area contributed by atoms with Crippen LogP contribution in [-0.4, -0.2) is 18.4 Å². The normalized spacial score (nSPS) is 16.8. The molecule has 1 atom stereocenters. The lowest BCUT2D eigenvalue weighted by Gasteiger charge is -2.21. The van der Waals surface area contributed by atoms with Crippen LogP contribution in [0.15, 0.2) is 28.7 Å². The van der Waals surface area contributed by atoms with E-state index in [0.29, 0.717) is 0 Å². The number of carbonyl (C=O) groups is 2. The van der Waals surface area contributed by atoms with Crippen LogP contribution in [-0.2, 0) is 9.59 Å². The fourth-order valence-electron chi connectivity index (χ4n) is 2.87. The lowest BCUT2D eigenvalue weighted by atomic mass is 9.89. The van der Waals surface area contributed by atoms with Gasteiger partial charge in [0.15, 0.2) is 0 Å². The molecular weight excluding hydrogens is 344 g/mol. The zero-order chi connectivity index (χ0) is 15.9. The van der Waals surface area contributed by atoms with Gasteiger partial charge in [-0.25, -0.2) is 0 Å². The third-order valence-corrected chi connectivity index (χ3v) is 4.87. The first kappa shape index (κ1) is 17.0. The Morgan fingerprint density at radius 3 is 2.59 bits per heavy atom. The van der Waals surface area contributed by atoms with E-state index in [0.717, 1.165) is 35.7 Å². The van der Waals surface area contributed by atoms with Gasteiger partial charge in [-0.1, -0.05) is 53.4 Å². The van der Waals surface area contributed by atoms with Crippen LogP contribution in [0.3, 0.4) is 0 Å². The highest BCUT2D eigenvalue weighted by Gasteiger charge is 2.21. The first-order valence-corrected chi connectivity index (χ1v) is 8.68. The second-order valence-electron chi connectivity index (χ2n) is 5.86. The van der Waals surface area contributed by atoms with E-state index in [-0.39, 0.29) is 30.3 Å². The van der Waals surface area contributed by atoms with Gasteiger partial charge in [-0.15, -0.1) is 0 Å². The topological polar surface area (TPSA) is 58.2 Å². The van der Waals surface area contributed by atoms with E-state index in [1.807, 2.05) is 31.2 Å². The third kappa shape index (κ3) is 4.83. The lowest BCUT2D eigenvalue weighted by Crippen LogP contribution is -2.40. The van der Waals surface area contributed by atoms with E-state index < -0.39 is 0 Å². The molecule has 1 fully saturated rings. The molecule has 0 aromatic heterocycles. The molecule has 22 heavy (non-hydrogen) atoms. The van der Waals surface area contributed by atoms with Crippen LogP contribution < -0.4 is 10.6 Å². The molecule has 0 spiro atoms. The second kappa shape index (κ2) is 8.32. The van der Waals surface area contributed by atoms with Gasteiger partial charge in [0.2, 0.25) is 11.8 Å². The molecule has 2 rings (SSSR count). The van der Waals surface area contributed by atoms with E-state index >= 15 is 0 Å². The summed E-state index contributed by atoms with van der Waals surface area (Å²) in [5, 5.41) is 5.67. The summed E-state index contributed by atoms with van der Waals surface area (Å²) < 4.78 is 0.967. The number of benzene rings is 1. The average Bonchev–Trinajstić information content (AvgIpc) is 2.53. The molecule has 1 saturated carbocycles. The number of amides is 2. The van der Waals surface area contributed by atoms with Crippen molar-refractivity contribution in [2.45, 2.75) is 45.1 Å². The summed E-state index contributed by atoms with van der Waals surface area (Å²) in [6.07, 6.45) is 5.34. The van der Waals surface area contributed by atoms with Gasteiger partial charge < -0.3 is 10.6 Å².